The van der Waals surface area contributed by atoms with Crippen LogP contribution in [0.4, 0.5) is 10.1 Å². The summed E-state index contributed by atoms with van der Waals surface area (Å²) in [5, 5.41) is 4.57. The lowest BCUT2D eigenvalue weighted by Crippen LogP contribution is -2.57. The molecule has 1 aromatic heterocycles. The van der Waals surface area contributed by atoms with Crippen LogP contribution in [0.25, 0.3) is 10.8 Å². The van der Waals surface area contributed by atoms with Crippen LogP contribution in [0.2, 0.25) is 0 Å². The molecule has 0 spiro atoms. The number of halogens is 1. The predicted molar refractivity (Wildman–Crippen MR) is 121 cm³/mol. The van der Waals surface area contributed by atoms with Gasteiger partial charge in [0.25, 0.3) is 5.91 Å². The normalized spacial score (nSPS) is 17.6. The lowest BCUT2D eigenvalue weighted by molar-refractivity contribution is 0.0930. The maximum Gasteiger partial charge on any atom is 0.252 e. The third kappa shape index (κ3) is 3.45. The first kappa shape index (κ1) is 19.9. The summed E-state index contributed by atoms with van der Waals surface area (Å²) < 4.78 is 14.3. The first-order valence-electron chi connectivity index (χ1n) is 10.8. The molecular formula is C25H27FN4O. The third-order valence-electron chi connectivity index (χ3n) is 6.81. The maximum atomic E-state index is 14.3. The predicted octanol–water partition coefficient (Wildman–Crippen LogP) is 3.85. The summed E-state index contributed by atoms with van der Waals surface area (Å²) in [7, 11) is 4.19. The number of anilines is 1. The van der Waals surface area contributed by atoms with E-state index < -0.39 is 5.54 Å². The summed E-state index contributed by atoms with van der Waals surface area (Å²) in [6.07, 6.45) is 4.96. The van der Waals surface area contributed by atoms with E-state index in [1.807, 2.05) is 19.1 Å². The highest BCUT2D eigenvalue weighted by atomic mass is 19.1. The number of fused-ring (bicyclic) bond motifs is 1. The van der Waals surface area contributed by atoms with E-state index in [1.54, 1.807) is 24.5 Å². The number of amides is 1. The average molecular weight is 419 g/mol. The van der Waals surface area contributed by atoms with Crippen molar-refractivity contribution in [3.63, 3.8) is 0 Å². The summed E-state index contributed by atoms with van der Waals surface area (Å²) in [6, 6.07) is 11.6. The number of pyridine rings is 1. The Hall–Kier alpha value is -2.99. The molecule has 1 aliphatic carbocycles. The molecule has 2 aliphatic rings. The van der Waals surface area contributed by atoms with Crippen LogP contribution in [-0.4, -0.2) is 49.0 Å². The van der Waals surface area contributed by atoms with E-state index in [0.717, 1.165) is 48.1 Å². The van der Waals surface area contributed by atoms with Gasteiger partial charge in [-0.05, 0) is 69.3 Å². The van der Waals surface area contributed by atoms with Crippen LogP contribution in [0.1, 0.15) is 34.3 Å². The monoisotopic (exact) mass is 418 g/mol. The van der Waals surface area contributed by atoms with Crippen molar-refractivity contribution in [3.05, 3.63) is 71.3 Å². The molecule has 0 unspecified atom stereocenters. The molecule has 1 saturated heterocycles. The minimum absolute atomic E-state index is 0.0806. The molecule has 31 heavy (non-hydrogen) atoms. The van der Waals surface area contributed by atoms with Gasteiger partial charge in [-0.15, -0.1) is 0 Å². The van der Waals surface area contributed by atoms with Crippen LogP contribution in [0.5, 0.6) is 0 Å². The Morgan fingerprint density at radius 1 is 1.16 bits per heavy atom. The molecule has 160 valence electrons. The van der Waals surface area contributed by atoms with Gasteiger partial charge in [0, 0.05) is 53.5 Å². The lowest BCUT2D eigenvalue weighted by Gasteiger charge is -2.44. The van der Waals surface area contributed by atoms with E-state index in [2.05, 4.69) is 40.3 Å². The van der Waals surface area contributed by atoms with Gasteiger partial charge in [-0.25, -0.2) is 4.39 Å². The summed E-state index contributed by atoms with van der Waals surface area (Å²) in [4.78, 5) is 22.0. The summed E-state index contributed by atoms with van der Waals surface area (Å²) in [5.41, 5.74) is 3.21. The first-order chi connectivity index (χ1) is 14.9. The van der Waals surface area contributed by atoms with Crippen LogP contribution in [0.15, 0.2) is 48.8 Å². The zero-order valence-electron chi connectivity index (χ0n) is 18.2. The quantitative estimate of drug-likeness (QED) is 0.684. The molecule has 1 amide bonds. The van der Waals surface area contributed by atoms with Gasteiger partial charge in [0.15, 0.2) is 0 Å². The van der Waals surface area contributed by atoms with Crippen molar-refractivity contribution in [1.29, 1.82) is 0 Å². The highest BCUT2D eigenvalue weighted by molar-refractivity contribution is 5.98. The minimum Gasteiger partial charge on any atom is -0.368 e. The number of nitrogens with zero attached hydrogens (tertiary/aromatic N) is 3. The Balaban J connectivity index is 1.41. The van der Waals surface area contributed by atoms with Crippen molar-refractivity contribution in [1.82, 2.24) is 15.2 Å². The molecule has 2 heterocycles. The minimum atomic E-state index is -0.457. The SMILES string of the molecule is Cc1ccc(N2CC(N(C)C)C2)cc1C(=O)NC1(c2ccc(F)c3ccncc23)CC1. The van der Waals surface area contributed by atoms with E-state index in [9.17, 15) is 9.18 Å². The molecule has 1 N–H and O–H groups in total. The number of rotatable bonds is 5. The largest absolute Gasteiger partial charge is 0.368 e. The number of nitrogens with one attached hydrogen (secondary N) is 1. The Morgan fingerprint density at radius 3 is 2.65 bits per heavy atom. The highest BCUT2D eigenvalue weighted by Crippen LogP contribution is 2.48. The topological polar surface area (TPSA) is 48.5 Å². The number of carbonyl (C=O) groups excluding carboxylic acids is 1. The number of benzene rings is 2. The van der Waals surface area contributed by atoms with Gasteiger partial charge in [-0.2, -0.15) is 0 Å². The van der Waals surface area contributed by atoms with Crippen molar-refractivity contribution in [3.8, 4) is 0 Å². The first-order valence-corrected chi connectivity index (χ1v) is 10.8. The second-order valence-corrected chi connectivity index (χ2v) is 9.07. The number of hydrogen-bond acceptors (Lipinski definition) is 4. The molecule has 0 radical (unpaired) electrons. The fourth-order valence-electron chi connectivity index (χ4n) is 4.49. The van der Waals surface area contributed by atoms with E-state index >= 15 is 0 Å². The molecule has 0 atom stereocenters. The van der Waals surface area contributed by atoms with E-state index in [4.69, 9.17) is 0 Å². The maximum absolute atomic E-state index is 14.3. The third-order valence-corrected chi connectivity index (χ3v) is 6.81. The molecule has 2 aromatic carbocycles. The fourth-order valence-corrected chi connectivity index (χ4v) is 4.49. The fraction of sp³-hybridized carbons (Fsp3) is 0.360. The Kier molecular flexibility index (Phi) is 4.70. The number of aromatic nitrogens is 1. The Bertz CT molecular complexity index is 1170. The zero-order chi connectivity index (χ0) is 21.8. The number of carbonyl (C=O) groups is 1. The van der Waals surface area contributed by atoms with Crippen molar-refractivity contribution >= 4 is 22.4 Å². The van der Waals surface area contributed by atoms with Crippen molar-refractivity contribution < 1.29 is 9.18 Å². The van der Waals surface area contributed by atoms with Crippen molar-refractivity contribution in [2.24, 2.45) is 0 Å². The van der Waals surface area contributed by atoms with E-state index in [0.29, 0.717) is 17.0 Å². The van der Waals surface area contributed by atoms with Gasteiger partial charge >= 0.3 is 0 Å². The molecule has 1 aliphatic heterocycles. The number of likely N-dealkylation sites (N-methyl/N-ethyl adjacent to an activating group) is 1. The summed E-state index contributed by atoms with van der Waals surface area (Å²) in [6.45, 7) is 3.90. The van der Waals surface area contributed by atoms with Crippen LogP contribution < -0.4 is 10.2 Å². The average Bonchev–Trinajstić information content (AvgIpc) is 3.48. The molecule has 5 rings (SSSR count). The number of aryl methyl sites for hydroxylation is 1. The van der Waals surface area contributed by atoms with Crippen LogP contribution in [-0.2, 0) is 5.54 Å². The van der Waals surface area contributed by atoms with Gasteiger partial charge in [-0.1, -0.05) is 12.1 Å². The second kappa shape index (κ2) is 7.31. The van der Waals surface area contributed by atoms with Gasteiger partial charge < -0.3 is 15.1 Å². The van der Waals surface area contributed by atoms with Crippen LogP contribution >= 0.6 is 0 Å². The van der Waals surface area contributed by atoms with Crippen molar-refractivity contribution in [2.75, 3.05) is 32.1 Å². The smallest absolute Gasteiger partial charge is 0.252 e. The standard InChI is InChI=1S/C25H27FN4O/c1-16-4-5-17(30-14-18(15-30)29(2)3)12-20(16)24(31)28-25(9-10-25)22-6-7-23(26)19-8-11-27-13-21(19)22/h4-8,11-13,18H,9-10,14-15H2,1-3H3,(H,28,31). The van der Waals surface area contributed by atoms with Gasteiger partial charge in [0.2, 0.25) is 0 Å². The zero-order valence-corrected chi connectivity index (χ0v) is 18.2. The molecule has 5 nitrogen and oxygen atoms in total. The number of hydrogen-bond donors (Lipinski definition) is 1. The molecule has 2 fully saturated rings. The molecular weight excluding hydrogens is 391 g/mol. The second-order valence-electron chi connectivity index (χ2n) is 9.07. The Labute approximate surface area is 181 Å². The van der Waals surface area contributed by atoms with E-state index in [-0.39, 0.29) is 11.7 Å². The van der Waals surface area contributed by atoms with Gasteiger partial charge in [0.05, 0.1) is 5.54 Å². The van der Waals surface area contributed by atoms with Crippen LogP contribution in [0, 0.1) is 12.7 Å². The highest BCUT2D eigenvalue weighted by Gasteiger charge is 2.47. The van der Waals surface area contributed by atoms with Gasteiger partial charge in [-0.3, -0.25) is 9.78 Å². The van der Waals surface area contributed by atoms with E-state index in [1.165, 1.54) is 6.07 Å². The molecule has 0 bridgehead atoms. The van der Waals surface area contributed by atoms with Gasteiger partial charge in [0.1, 0.15) is 5.82 Å². The molecule has 6 heteroatoms. The lowest BCUT2D eigenvalue weighted by atomic mass is 9.97. The molecule has 3 aromatic rings. The molecule has 1 saturated carbocycles. The van der Waals surface area contributed by atoms with Crippen molar-refractivity contribution in [2.45, 2.75) is 31.3 Å². The Morgan fingerprint density at radius 2 is 1.94 bits per heavy atom. The summed E-state index contributed by atoms with van der Waals surface area (Å²) >= 11 is 0. The summed E-state index contributed by atoms with van der Waals surface area (Å²) in [5.74, 6) is -0.347. The van der Waals surface area contributed by atoms with Crippen LogP contribution in [0.3, 0.4) is 0 Å².